The van der Waals surface area contributed by atoms with E-state index in [-0.39, 0.29) is 17.2 Å². The van der Waals surface area contributed by atoms with Gasteiger partial charge in [0.1, 0.15) is 5.82 Å². The predicted molar refractivity (Wildman–Crippen MR) is 69.9 cm³/mol. The highest BCUT2D eigenvalue weighted by atomic mass is 32.2. The summed E-state index contributed by atoms with van der Waals surface area (Å²) < 4.78 is 0. The minimum atomic E-state index is 0.0139. The zero-order chi connectivity index (χ0) is 12.1. The summed E-state index contributed by atoms with van der Waals surface area (Å²) in [5.41, 5.74) is 0. The Kier molecular flexibility index (Phi) is 4.48. The van der Waals surface area contributed by atoms with Crippen molar-refractivity contribution in [3.8, 4) is 0 Å². The fraction of sp³-hybridized carbons (Fsp3) is 0.667. The molecule has 2 heterocycles. The minimum absolute atomic E-state index is 0.0139. The molecule has 0 bridgehead atoms. The number of carbonyl (C=O) groups is 1. The molecule has 2 atom stereocenters. The van der Waals surface area contributed by atoms with Gasteiger partial charge in [-0.1, -0.05) is 13.3 Å². The van der Waals surface area contributed by atoms with Crippen molar-refractivity contribution < 1.29 is 4.79 Å². The zero-order valence-electron chi connectivity index (χ0n) is 10.1. The van der Waals surface area contributed by atoms with Crippen LogP contribution in [-0.2, 0) is 4.79 Å². The van der Waals surface area contributed by atoms with Gasteiger partial charge in [-0.3, -0.25) is 4.79 Å². The smallest absolute Gasteiger partial charge is 0.233 e. The first-order chi connectivity index (χ1) is 8.31. The number of aromatic amines is 1. The van der Waals surface area contributed by atoms with Crippen LogP contribution in [-0.4, -0.2) is 26.9 Å². The average molecular weight is 253 g/mol. The van der Waals surface area contributed by atoms with Crippen molar-refractivity contribution in [3.63, 3.8) is 0 Å². The Morgan fingerprint density at radius 1 is 1.71 bits per heavy atom. The van der Waals surface area contributed by atoms with E-state index in [9.17, 15) is 4.79 Å². The van der Waals surface area contributed by atoms with Gasteiger partial charge in [0.25, 0.3) is 0 Å². The molecule has 17 heavy (non-hydrogen) atoms. The summed E-state index contributed by atoms with van der Waals surface area (Å²) in [4.78, 5) is 19.4. The van der Waals surface area contributed by atoms with Crippen molar-refractivity contribution in [2.75, 3.05) is 5.75 Å². The Morgan fingerprint density at radius 2 is 2.59 bits per heavy atom. The summed E-state index contributed by atoms with van der Waals surface area (Å²) in [6, 6.07) is 0.0139. The molecule has 0 spiro atoms. The quantitative estimate of drug-likeness (QED) is 0.865. The van der Waals surface area contributed by atoms with Crippen LogP contribution >= 0.6 is 11.8 Å². The number of nitrogens with zero attached hydrogens (tertiary/aromatic N) is 1. The molecule has 1 fully saturated rings. The van der Waals surface area contributed by atoms with Crippen LogP contribution in [0.5, 0.6) is 0 Å². The molecule has 94 valence electrons. The molecule has 0 radical (unpaired) electrons. The van der Waals surface area contributed by atoms with Crippen molar-refractivity contribution in [1.29, 1.82) is 0 Å². The predicted octanol–water partition coefficient (Wildman–Crippen LogP) is 2.26. The first kappa shape index (κ1) is 12.5. The van der Waals surface area contributed by atoms with Gasteiger partial charge in [0, 0.05) is 12.4 Å². The van der Waals surface area contributed by atoms with Crippen LogP contribution in [0.15, 0.2) is 12.4 Å². The van der Waals surface area contributed by atoms with Gasteiger partial charge in [0.05, 0.1) is 11.3 Å². The molecule has 2 rings (SSSR count). The molecule has 0 aliphatic carbocycles. The van der Waals surface area contributed by atoms with Gasteiger partial charge in [-0.2, -0.15) is 0 Å². The maximum atomic E-state index is 12.1. The van der Waals surface area contributed by atoms with Crippen molar-refractivity contribution in [2.45, 2.75) is 43.9 Å². The van der Waals surface area contributed by atoms with Crippen LogP contribution in [0.3, 0.4) is 0 Å². The van der Waals surface area contributed by atoms with E-state index in [0.717, 1.165) is 24.4 Å². The summed E-state index contributed by atoms with van der Waals surface area (Å²) in [6.45, 7) is 2.06. The van der Waals surface area contributed by atoms with Gasteiger partial charge in [-0.05, 0) is 25.0 Å². The van der Waals surface area contributed by atoms with Gasteiger partial charge in [-0.25, -0.2) is 4.98 Å². The van der Waals surface area contributed by atoms with Crippen LogP contribution in [0.1, 0.15) is 44.5 Å². The first-order valence-corrected chi connectivity index (χ1v) is 7.27. The fourth-order valence-corrected chi connectivity index (χ4v) is 3.25. The Morgan fingerprint density at radius 3 is 3.18 bits per heavy atom. The highest BCUT2D eigenvalue weighted by Crippen LogP contribution is 2.26. The molecule has 0 aromatic carbocycles. The molecule has 0 saturated carbocycles. The third-order valence-electron chi connectivity index (χ3n) is 3.05. The average Bonchev–Trinajstić information content (AvgIpc) is 2.90. The van der Waals surface area contributed by atoms with E-state index < -0.39 is 0 Å². The van der Waals surface area contributed by atoms with Gasteiger partial charge in [0.15, 0.2) is 0 Å². The number of rotatable bonds is 4. The van der Waals surface area contributed by atoms with E-state index in [1.165, 1.54) is 12.8 Å². The lowest BCUT2D eigenvalue weighted by molar-refractivity contribution is -0.121. The molecule has 1 saturated heterocycles. The number of hydrogen-bond acceptors (Lipinski definition) is 3. The Hall–Kier alpha value is -0.970. The van der Waals surface area contributed by atoms with Crippen LogP contribution in [0, 0.1) is 0 Å². The molecule has 1 aromatic heterocycles. The molecule has 4 nitrogen and oxygen atoms in total. The van der Waals surface area contributed by atoms with Crippen molar-refractivity contribution >= 4 is 17.7 Å². The lowest BCUT2D eigenvalue weighted by Crippen LogP contribution is -2.37. The monoisotopic (exact) mass is 253 g/mol. The van der Waals surface area contributed by atoms with Gasteiger partial charge >= 0.3 is 0 Å². The fourth-order valence-electron chi connectivity index (χ4n) is 2.04. The zero-order valence-corrected chi connectivity index (χ0v) is 10.9. The van der Waals surface area contributed by atoms with Crippen molar-refractivity contribution in [3.05, 3.63) is 18.2 Å². The van der Waals surface area contributed by atoms with Gasteiger partial charge < -0.3 is 10.3 Å². The standard InChI is InChI=1S/C12H19N3OS/c1-2-9(11-13-6-7-14-11)15-12(16)10-5-3-4-8-17-10/h6-7,9-10H,2-5,8H2,1H3,(H,13,14)(H,15,16). The third kappa shape index (κ3) is 3.25. The summed E-state index contributed by atoms with van der Waals surface area (Å²) in [7, 11) is 0. The van der Waals surface area contributed by atoms with E-state index in [4.69, 9.17) is 0 Å². The van der Waals surface area contributed by atoms with Crippen LogP contribution in [0.4, 0.5) is 0 Å². The SMILES string of the molecule is CCC(NC(=O)C1CCCCS1)c1ncc[nH]1. The molecule has 5 heteroatoms. The Bertz CT molecular complexity index is 347. The number of carbonyl (C=O) groups excluding carboxylic acids is 1. The lowest BCUT2D eigenvalue weighted by atomic mass is 10.1. The molecule has 2 N–H and O–H groups in total. The topological polar surface area (TPSA) is 57.8 Å². The van der Waals surface area contributed by atoms with E-state index in [1.807, 2.05) is 0 Å². The van der Waals surface area contributed by atoms with E-state index in [2.05, 4.69) is 22.2 Å². The largest absolute Gasteiger partial charge is 0.347 e. The molecule has 1 aliphatic heterocycles. The van der Waals surface area contributed by atoms with Crippen LogP contribution in [0.25, 0.3) is 0 Å². The van der Waals surface area contributed by atoms with Gasteiger partial charge in [0.2, 0.25) is 5.91 Å². The second-order valence-corrected chi connectivity index (χ2v) is 5.61. The maximum Gasteiger partial charge on any atom is 0.233 e. The number of H-pyrrole nitrogens is 1. The number of aromatic nitrogens is 2. The first-order valence-electron chi connectivity index (χ1n) is 6.22. The number of nitrogens with one attached hydrogen (secondary N) is 2. The molecule has 1 amide bonds. The maximum absolute atomic E-state index is 12.1. The molecule has 2 unspecified atom stereocenters. The number of thioether (sulfide) groups is 1. The lowest BCUT2D eigenvalue weighted by Gasteiger charge is -2.23. The number of amides is 1. The normalized spacial score (nSPS) is 22.1. The number of hydrogen-bond donors (Lipinski definition) is 2. The van der Waals surface area contributed by atoms with E-state index in [1.54, 1.807) is 24.2 Å². The summed E-state index contributed by atoms with van der Waals surface area (Å²) >= 11 is 1.78. The highest BCUT2D eigenvalue weighted by molar-refractivity contribution is 8.00. The molecule has 1 aliphatic rings. The van der Waals surface area contributed by atoms with Crippen molar-refractivity contribution in [2.24, 2.45) is 0 Å². The molecular weight excluding hydrogens is 234 g/mol. The number of imidazole rings is 1. The second-order valence-electron chi connectivity index (χ2n) is 4.30. The second kappa shape index (κ2) is 6.10. The summed E-state index contributed by atoms with van der Waals surface area (Å²) in [5.74, 6) is 2.12. The third-order valence-corrected chi connectivity index (χ3v) is 4.42. The van der Waals surface area contributed by atoms with Crippen molar-refractivity contribution in [1.82, 2.24) is 15.3 Å². The molecule has 1 aromatic rings. The van der Waals surface area contributed by atoms with Crippen LogP contribution < -0.4 is 5.32 Å². The highest BCUT2D eigenvalue weighted by Gasteiger charge is 2.24. The van der Waals surface area contributed by atoms with Crippen LogP contribution in [0.2, 0.25) is 0 Å². The minimum Gasteiger partial charge on any atom is -0.347 e. The molecular formula is C12H19N3OS. The summed E-state index contributed by atoms with van der Waals surface area (Å²) in [5, 5.41) is 3.22. The Balaban J connectivity index is 1.92. The van der Waals surface area contributed by atoms with Gasteiger partial charge in [-0.15, -0.1) is 11.8 Å². The Labute approximate surface area is 106 Å². The summed E-state index contributed by atoms with van der Waals surface area (Å²) in [6.07, 6.45) is 7.78. The van der Waals surface area contributed by atoms with E-state index >= 15 is 0 Å². The van der Waals surface area contributed by atoms with E-state index in [0.29, 0.717) is 0 Å².